The van der Waals surface area contributed by atoms with Crippen molar-refractivity contribution in [3.05, 3.63) is 78.4 Å². The van der Waals surface area contributed by atoms with Gasteiger partial charge < -0.3 is 10.0 Å². The lowest BCUT2D eigenvalue weighted by Crippen LogP contribution is -2.48. The minimum Gasteiger partial charge on any atom is -0.478 e. The van der Waals surface area contributed by atoms with Crippen molar-refractivity contribution < 1.29 is 14.7 Å². The maximum atomic E-state index is 12.3. The largest absolute Gasteiger partial charge is 0.478 e. The molecule has 152 valence electrons. The first-order valence-electron chi connectivity index (χ1n) is 9.92. The van der Waals surface area contributed by atoms with Crippen LogP contribution in [0.2, 0.25) is 0 Å². The monoisotopic (exact) mass is 401 g/mol. The maximum absolute atomic E-state index is 12.3. The van der Waals surface area contributed by atoms with Crippen LogP contribution in [0.5, 0.6) is 0 Å². The number of carbonyl (C=O) groups is 2. The van der Waals surface area contributed by atoms with Crippen molar-refractivity contribution in [1.29, 1.82) is 0 Å². The highest BCUT2D eigenvalue weighted by molar-refractivity contribution is 6.05. The number of piperazine rings is 1. The molecule has 0 unspecified atom stereocenters. The second kappa shape index (κ2) is 8.47. The van der Waals surface area contributed by atoms with Gasteiger partial charge in [0, 0.05) is 49.2 Å². The fourth-order valence-electron chi connectivity index (χ4n) is 3.96. The summed E-state index contributed by atoms with van der Waals surface area (Å²) < 4.78 is 0. The summed E-state index contributed by atoms with van der Waals surface area (Å²) in [4.78, 5) is 33.0. The van der Waals surface area contributed by atoms with Gasteiger partial charge in [-0.3, -0.25) is 9.69 Å². The highest BCUT2D eigenvalue weighted by Gasteiger charge is 2.25. The summed E-state index contributed by atoms with van der Waals surface area (Å²) in [6.07, 6.45) is 1.33. The van der Waals surface area contributed by atoms with E-state index in [4.69, 9.17) is 4.98 Å². The number of hydrogen-bond acceptors (Lipinski definition) is 4. The molecule has 1 N–H and O–H groups in total. The number of hydrogen-bond donors (Lipinski definition) is 1. The van der Waals surface area contributed by atoms with E-state index in [1.807, 2.05) is 54.6 Å². The van der Waals surface area contributed by atoms with Gasteiger partial charge in [-0.15, -0.1) is 0 Å². The Balaban J connectivity index is 1.77. The highest BCUT2D eigenvalue weighted by atomic mass is 16.4. The van der Waals surface area contributed by atoms with Crippen molar-refractivity contribution >= 4 is 22.8 Å². The molecule has 1 aliphatic rings. The molecule has 0 aliphatic carbocycles. The third-order valence-corrected chi connectivity index (χ3v) is 5.49. The molecule has 6 nitrogen and oxygen atoms in total. The molecule has 6 heteroatoms. The summed E-state index contributed by atoms with van der Waals surface area (Å²) in [6.45, 7) is 6.52. The number of rotatable bonds is 5. The lowest BCUT2D eigenvalue weighted by molar-refractivity contribution is -0.127. The lowest BCUT2D eigenvalue weighted by Gasteiger charge is -2.34. The number of amides is 1. The van der Waals surface area contributed by atoms with Crippen molar-refractivity contribution in [2.45, 2.75) is 6.54 Å². The van der Waals surface area contributed by atoms with E-state index in [1.54, 1.807) is 4.90 Å². The number of carboxylic acids is 1. The van der Waals surface area contributed by atoms with Gasteiger partial charge in [-0.2, -0.15) is 0 Å². The Bertz CT molecular complexity index is 1100. The van der Waals surface area contributed by atoms with Crippen LogP contribution in [0.15, 0.2) is 67.3 Å². The zero-order valence-corrected chi connectivity index (χ0v) is 16.6. The number of pyridine rings is 1. The molecular formula is C24H23N3O3. The molecule has 2 heterocycles. The van der Waals surface area contributed by atoms with Gasteiger partial charge in [0.2, 0.25) is 5.91 Å². The molecule has 0 atom stereocenters. The highest BCUT2D eigenvalue weighted by Crippen LogP contribution is 2.31. The minimum atomic E-state index is -0.957. The molecule has 0 bridgehead atoms. The first kappa shape index (κ1) is 19.8. The van der Waals surface area contributed by atoms with Crippen molar-refractivity contribution in [3.63, 3.8) is 0 Å². The van der Waals surface area contributed by atoms with Crippen LogP contribution in [0, 0.1) is 0 Å². The molecular weight excluding hydrogens is 378 g/mol. The van der Waals surface area contributed by atoms with E-state index < -0.39 is 5.97 Å². The van der Waals surface area contributed by atoms with Crippen LogP contribution in [0.4, 0.5) is 0 Å². The molecule has 3 aromatic rings. The van der Waals surface area contributed by atoms with Gasteiger partial charge in [-0.05, 0) is 12.1 Å². The van der Waals surface area contributed by atoms with E-state index >= 15 is 0 Å². The molecule has 0 radical (unpaired) electrons. The zero-order valence-electron chi connectivity index (χ0n) is 16.6. The van der Waals surface area contributed by atoms with Crippen LogP contribution >= 0.6 is 0 Å². The molecule has 2 aromatic carbocycles. The first-order chi connectivity index (χ1) is 14.6. The molecule has 1 aliphatic heterocycles. The van der Waals surface area contributed by atoms with Gasteiger partial charge in [0.1, 0.15) is 0 Å². The Kier molecular flexibility index (Phi) is 5.59. The van der Waals surface area contributed by atoms with Crippen LogP contribution in [0.1, 0.15) is 15.9 Å². The predicted molar refractivity (Wildman–Crippen MR) is 116 cm³/mol. The maximum Gasteiger partial charge on any atom is 0.336 e. The Morgan fingerprint density at radius 1 is 1.00 bits per heavy atom. The zero-order chi connectivity index (χ0) is 21.1. The summed E-state index contributed by atoms with van der Waals surface area (Å²) in [5.41, 5.74) is 3.25. The predicted octanol–water partition coefficient (Wildman–Crippen LogP) is 3.43. The number of fused-ring (bicyclic) bond motifs is 1. The molecule has 30 heavy (non-hydrogen) atoms. The number of para-hydroxylation sites is 1. The number of nitrogens with zero attached hydrogens (tertiary/aromatic N) is 3. The number of aromatic nitrogens is 1. The Labute approximate surface area is 175 Å². The summed E-state index contributed by atoms with van der Waals surface area (Å²) in [5, 5.41) is 10.7. The van der Waals surface area contributed by atoms with Crippen LogP contribution in [-0.4, -0.2) is 57.9 Å². The van der Waals surface area contributed by atoms with Crippen LogP contribution in [0.25, 0.3) is 22.2 Å². The lowest BCUT2D eigenvalue weighted by atomic mass is 9.96. The van der Waals surface area contributed by atoms with E-state index in [0.29, 0.717) is 60.4 Å². The number of aromatic carboxylic acids is 1. The molecule has 4 rings (SSSR count). The number of carboxylic acid groups (broad SMARTS) is 1. The average molecular weight is 401 g/mol. The van der Waals surface area contributed by atoms with Gasteiger partial charge in [-0.1, -0.05) is 55.1 Å². The fourth-order valence-corrected chi connectivity index (χ4v) is 3.96. The molecule has 1 aromatic heterocycles. The van der Waals surface area contributed by atoms with Crippen molar-refractivity contribution in [2.75, 3.05) is 26.2 Å². The van der Waals surface area contributed by atoms with Gasteiger partial charge in [0.05, 0.1) is 16.8 Å². The SMILES string of the molecule is C=CC(=O)N1CCN(Cc2c(-c3ccccc3)nc3ccccc3c2C(=O)O)CC1. The first-order valence-corrected chi connectivity index (χ1v) is 9.92. The molecule has 1 amide bonds. The second-order valence-electron chi connectivity index (χ2n) is 7.31. The summed E-state index contributed by atoms with van der Waals surface area (Å²) in [6, 6.07) is 17.0. The van der Waals surface area contributed by atoms with Crippen LogP contribution in [0.3, 0.4) is 0 Å². The normalized spacial score (nSPS) is 14.6. The third kappa shape index (κ3) is 3.82. The topological polar surface area (TPSA) is 73.7 Å². The minimum absolute atomic E-state index is 0.0711. The van der Waals surface area contributed by atoms with Crippen molar-refractivity contribution in [2.24, 2.45) is 0 Å². The Morgan fingerprint density at radius 3 is 2.33 bits per heavy atom. The molecule has 0 spiro atoms. The summed E-state index contributed by atoms with van der Waals surface area (Å²) >= 11 is 0. The van der Waals surface area contributed by atoms with Crippen molar-refractivity contribution in [1.82, 2.24) is 14.8 Å². The number of carbonyl (C=O) groups excluding carboxylic acids is 1. The van der Waals surface area contributed by atoms with Gasteiger partial charge in [-0.25, -0.2) is 9.78 Å². The van der Waals surface area contributed by atoms with Crippen molar-refractivity contribution in [3.8, 4) is 11.3 Å². The second-order valence-corrected chi connectivity index (χ2v) is 7.31. The van der Waals surface area contributed by atoms with E-state index in [9.17, 15) is 14.7 Å². The van der Waals surface area contributed by atoms with E-state index in [2.05, 4.69) is 11.5 Å². The standard InChI is InChI=1S/C24H23N3O3/c1-2-21(28)27-14-12-26(13-15-27)16-19-22(24(29)30)18-10-6-7-11-20(18)25-23(19)17-8-4-3-5-9-17/h2-11H,1,12-16H2,(H,29,30). The molecule has 0 saturated carbocycles. The quantitative estimate of drug-likeness (QED) is 0.663. The summed E-state index contributed by atoms with van der Waals surface area (Å²) in [5.74, 6) is -1.03. The number of benzene rings is 2. The van der Waals surface area contributed by atoms with Gasteiger partial charge in [0.25, 0.3) is 0 Å². The van der Waals surface area contributed by atoms with E-state index in [1.165, 1.54) is 6.08 Å². The molecule has 1 saturated heterocycles. The third-order valence-electron chi connectivity index (χ3n) is 5.49. The fraction of sp³-hybridized carbons (Fsp3) is 0.208. The average Bonchev–Trinajstić information content (AvgIpc) is 2.79. The van der Waals surface area contributed by atoms with Gasteiger partial charge in [0.15, 0.2) is 0 Å². The van der Waals surface area contributed by atoms with Crippen LogP contribution < -0.4 is 0 Å². The van der Waals surface area contributed by atoms with Gasteiger partial charge >= 0.3 is 5.97 Å². The Morgan fingerprint density at radius 2 is 1.67 bits per heavy atom. The van der Waals surface area contributed by atoms with E-state index in [-0.39, 0.29) is 5.91 Å². The Hall–Kier alpha value is -3.51. The summed E-state index contributed by atoms with van der Waals surface area (Å²) in [7, 11) is 0. The van der Waals surface area contributed by atoms with E-state index in [0.717, 1.165) is 5.56 Å². The smallest absolute Gasteiger partial charge is 0.336 e. The van der Waals surface area contributed by atoms with Crippen LogP contribution in [-0.2, 0) is 11.3 Å². The molecule has 1 fully saturated rings.